The standard InChI is InChI=1S/C14H12N4O2/c15-12-8-4-7-11(16-12)14-17-13(18-20-14)9-19-10-5-2-1-3-6-10/h1-8H,9H2,(H2,15,16). The Morgan fingerprint density at radius 1 is 1.00 bits per heavy atom. The summed E-state index contributed by atoms with van der Waals surface area (Å²) in [5.41, 5.74) is 6.16. The molecule has 0 fully saturated rings. The lowest BCUT2D eigenvalue weighted by Gasteiger charge is -2.01. The van der Waals surface area contributed by atoms with Gasteiger partial charge in [-0.15, -0.1) is 0 Å². The van der Waals surface area contributed by atoms with Crippen LogP contribution < -0.4 is 10.5 Å². The monoisotopic (exact) mass is 268 g/mol. The molecule has 0 saturated heterocycles. The van der Waals surface area contributed by atoms with E-state index in [4.69, 9.17) is 15.0 Å². The summed E-state index contributed by atoms with van der Waals surface area (Å²) in [5.74, 6) is 1.93. The molecule has 2 N–H and O–H groups in total. The summed E-state index contributed by atoms with van der Waals surface area (Å²) in [7, 11) is 0. The van der Waals surface area contributed by atoms with Gasteiger partial charge >= 0.3 is 0 Å². The number of benzene rings is 1. The van der Waals surface area contributed by atoms with Gasteiger partial charge in [-0.05, 0) is 24.3 Å². The molecule has 0 amide bonds. The minimum atomic E-state index is 0.232. The van der Waals surface area contributed by atoms with Gasteiger partial charge in [0, 0.05) is 0 Å². The molecule has 20 heavy (non-hydrogen) atoms. The summed E-state index contributed by atoms with van der Waals surface area (Å²) in [4.78, 5) is 8.33. The maximum absolute atomic E-state index is 5.61. The molecule has 0 unspecified atom stereocenters. The van der Waals surface area contributed by atoms with E-state index in [-0.39, 0.29) is 6.61 Å². The summed E-state index contributed by atoms with van der Waals surface area (Å²) >= 11 is 0. The highest BCUT2D eigenvalue weighted by atomic mass is 16.5. The molecule has 0 bridgehead atoms. The molecule has 2 heterocycles. The molecular weight excluding hydrogens is 256 g/mol. The highest BCUT2D eigenvalue weighted by Crippen LogP contribution is 2.16. The van der Waals surface area contributed by atoms with Crippen LogP contribution in [0, 0.1) is 0 Å². The van der Waals surface area contributed by atoms with Crippen molar-refractivity contribution in [3.05, 3.63) is 54.4 Å². The predicted molar refractivity (Wildman–Crippen MR) is 72.7 cm³/mol. The number of ether oxygens (including phenoxy) is 1. The second-order valence-corrected chi connectivity index (χ2v) is 4.07. The summed E-state index contributed by atoms with van der Waals surface area (Å²) in [5, 5.41) is 3.85. The number of nitrogens with zero attached hydrogens (tertiary/aromatic N) is 3. The van der Waals surface area contributed by atoms with Crippen molar-refractivity contribution in [2.45, 2.75) is 6.61 Å². The molecule has 0 radical (unpaired) electrons. The van der Waals surface area contributed by atoms with E-state index in [0.29, 0.717) is 23.2 Å². The number of anilines is 1. The molecule has 0 atom stereocenters. The number of para-hydroxylation sites is 1. The number of nitrogens with two attached hydrogens (primary N) is 1. The Kier molecular flexibility index (Phi) is 3.28. The normalized spacial score (nSPS) is 10.4. The van der Waals surface area contributed by atoms with Crippen LogP contribution in [-0.2, 0) is 6.61 Å². The van der Waals surface area contributed by atoms with Crippen LogP contribution >= 0.6 is 0 Å². The van der Waals surface area contributed by atoms with Crippen molar-refractivity contribution in [3.63, 3.8) is 0 Å². The summed E-state index contributed by atoms with van der Waals surface area (Å²) in [6.07, 6.45) is 0. The van der Waals surface area contributed by atoms with Crippen LogP contribution in [0.15, 0.2) is 53.1 Å². The number of hydrogen-bond donors (Lipinski definition) is 1. The SMILES string of the molecule is Nc1cccc(-c2nc(COc3ccccc3)no2)n1. The Morgan fingerprint density at radius 3 is 2.65 bits per heavy atom. The van der Waals surface area contributed by atoms with E-state index in [1.54, 1.807) is 18.2 Å². The first-order valence-corrected chi connectivity index (χ1v) is 6.04. The molecule has 3 rings (SSSR count). The highest BCUT2D eigenvalue weighted by molar-refractivity contribution is 5.49. The average molecular weight is 268 g/mol. The van der Waals surface area contributed by atoms with Crippen LogP contribution in [0.4, 0.5) is 5.82 Å². The number of nitrogen functional groups attached to an aromatic ring is 1. The lowest BCUT2D eigenvalue weighted by molar-refractivity contribution is 0.287. The molecule has 2 aromatic heterocycles. The maximum Gasteiger partial charge on any atom is 0.276 e. The third-order valence-corrected chi connectivity index (χ3v) is 2.57. The second kappa shape index (κ2) is 5.40. The van der Waals surface area contributed by atoms with E-state index in [1.165, 1.54) is 0 Å². The fourth-order valence-electron chi connectivity index (χ4n) is 1.65. The first-order chi connectivity index (χ1) is 9.81. The third-order valence-electron chi connectivity index (χ3n) is 2.57. The van der Waals surface area contributed by atoms with Crippen LogP contribution in [0.25, 0.3) is 11.6 Å². The molecule has 0 aliphatic rings. The third kappa shape index (κ3) is 2.74. The van der Waals surface area contributed by atoms with Crippen molar-refractivity contribution >= 4 is 5.82 Å². The molecule has 0 saturated carbocycles. The lowest BCUT2D eigenvalue weighted by Crippen LogP contribution is -1.97. The minimum Gasteiger partial charge on any atom is -0.485 e. The van der Waals surface area contributed by atoms with Crippen molar-refractivity contribution in [1.29, 1.82) is 0 Å². The van der Waals surface area contributed by atoms with E-state index >= 15 is 0 Å². The predicted octanol–water partition coefficient (Wildman–Crippen LogP) is 2.29. The topological polar surface area (TPSA) is 87.1 Å². The highest BCUT2D eigenvalue weighted by Gasteiger charge is 2.10. The van der Waals surface area contributed by atoms with Crippen LogP contribution in [0.5, 0.6) is 5.75 Å². The van der Waals surface area contributed by atoms with Gasteiger partial charge in [0.2, 0.25) is 5.82 Å². The Morgan fingerprint density at radius 2 is 1.85 bits per heavy atom. The molecule has 0 aliphatic heterocycles. The molecule has 6 nitrogen and oxygen atoms in total. The van der Waals surface area contributed by atoms with Crippen molar-refractivity contribution in [1.82, 2.24) is 15.1 Å². The largest absolute Gasteiger partial charge is 0.485 e. The minimum absolute atomic E-state index is 0.232. The van der Waals surface area contributed by atoms with Crippen LogP contribution in [0.3, 0.4) is 0 Å². The zero-order valence-corrected chi connectivity index (χ0v) is 10.6. The summed E-state index contributed by atoms with van der Waals surface area (Å²) in [6, 6.07) is 14.7. The van der Waals surface area contributed by atoms with Gasteiger partial charge in [0.1, 0.15) is 17.3 Å². The smallest absolute Gasteiger partial charge is 0.276 e. The van der Waals surface area contributed by atoms with E-state index in [1.807, 2.05) is 30.3 Å². The van der Waals surface area contributed by atoms with E-state index in [2.05, 4.69) is 15.1 Å². The van der Waals surface area contributed by atoms with Crippen molar-refractivity contribution < 1.29 is 9.26 Å². The molecule has 1 aromatic carbocycles. The Hall–Kier alpha value is -2.89. The Balaban J connectivity index is 1.71. The van der Waals surface area contributed by atoms with Crippen molar-refractivity contribution in [3.8, 4) is 17.3 Å². The molecule has 6 heteroatoms. The first-order valence-electron chi connectivity index (χ1n) is 6.04. The number of pyridine rings is 1. The number of hydrogen-bond acceptors (Lipinski definition) is 6. The van der Waals surface area contributed by atoms with Crippen LogP contribution in [0.1, 0.15) is 5.82 Å². The Labute approximate surface area is 115 Å². The van der Waals surface area contributed by atoms with E-state index in [9.17, 15) is 0 Å². The fraction of sp³-hybridized carbons (Fsp3) is 0.0714. The van der Waals surface area contributed by atoms with Gasteiger partial charge in [-0.2, -0.15) is 4.98 Å². The molecule has 0 spiro atoms. The quantitative estimate of drug-likeness (QED) is 0.781. The summed E-state index contributed by atoms with van der Waals surface area (Å²) in [6.45, 7) is 0.232. The molecule has 100 valence electrons. The second-order valence-electron chi connectivity index (χ2n) is 4.07. The van der Waals surface area contributed by atoms with E-state index < -0.39 is 0 Å². The van der Waals surface area contributed by atoms with Crippen LogP contribution in [0.2, 0.25) is 0 Å². The number of aromatic nitrogens is 3. The molecule has 3 aromatic rings. The van der Waals surface area contributed by atoms with Gasteiger partial charge in [0.15, 0.2) is 6.61 Å². The number of rotatable bonds is 4. The van der Waals surface area contributed by atoms with Gasteiger partial charge in [-0.3, -0.25) is 0 Å². The first kappa shape index (κ1) is 12.2. The van der Waals surface area contributed by atoms with E-state index in [0.717, 1.165) is 5.75 Å². The van der Waals surface area contributed by atoms with Crippen molar-refractivity contribution in [2.75, 3.05) is 5.73 Å². The molecule has 0 aliphatic carbocycles. The van der Waals surface area contributed by atoms with Crippen molar-refractivity contribution in [2.24, 2.45) is 0 Å². The van der Waals surface area contributed by atoms with Gasteiger partial charge in [0.25, 0.3) is 5.89 Å². The van der Waals surface area contributed by atoms with Gasteiger partial charge in [-0.1, -0.05) is 29.4 Å². The van der Waals surface area contributed by atoms with Gasteiger partial charge < -0.3 is 15.0 Å². The fourth-order valence-corrected chi connectivity index (χ4v) is 1.65. The zero-order chi connectivity index (χ0) is 13.8. The maximum atomic E-state index is 5.61. The van der Waals surface area contributed by atoms with Gasteiger partial charge in [0.05, 0.1) is 0 Å². The zero-order valence-electron chi connectivity index (χ0n) is 10.6. The van der Waals surface area contributed by atoms with Crippen LogP contribution in [-0.4, -0.2) is 15.1 Å². The Bertz CT molecular complexity index is 697. The molecular formula is C14H12N4O2. The van der Waals surface area contributed by atoms with Gasteiger partial charge in [-0.25, -0.2) is 4.98 Å². The average Bonchev–Trinajstić information content (AvgIpc) is 2.95. The summed E-state index contributed by atoms with van der Waals surface area (Å²) < 4.78 is 10.7. The lowest BCUT2D eigenvalue weighted by atomic mass is 10.3.